The molecule has 4 amide bonds. The molecule has 0 saturated carbocycles. The molecule has 0 bridgehead atoms. The second kappa shape index (κ2) is 13.4. The molecule has 0 radical (unpaired) electrons. The minimum atomic E-state index is -0.772. The summed E-state index contributed by atoms with van der Waals surface area (Å²) in [5.74, 6) is -0.105. The highest BCUT2D eigenvalue weighted by molar-refractivity contribution is 6.06. The van der Waals surface area contributed by atoms with Crippen molar-refractivity contribution in [3.8, 4) is 0 Å². The molecule has 1 fully saturated rings. The molecule has 4 aromatic rings. The number of nitrogens with one attached hydrogen (secondary N) is 3. The van der Waals surface area contributed by atoms with E-state index in [1.165, 1.54) is 18.6 Å². The van der Waals surface area contributed by atoms with E-state index in [1.807, 2.05) is 68.6 Å². The molecule has 3 aliphatic rings. The average Bonchev–Trinajstić information content (AvgIpc) is 3.65. The van der Waals surface area contributed by atoms with Gasteiger partial charge in [0, 0.05) is 61.4 Å². The van der Waals surface area contributed by atoms with Crippen LogP contribution < -0.4 is 16.0 Å². The van der Waals surface area contributed by atoms with Crippen molar-refractivity contribution in [3.05, 3.63) is 113 Å². The number of rotatable bonds is 9. The van der Waals surface area contributed by atoms with Crippen LogP contribution in [-0.4, -0.2) is 75.1 Å². The van der Waals surface area contributed by atoms with Gasteiger partial charge in [-0.15, -0.1) is 0 Å². The number of anilines is 2. The van der Waals surface area contributed by atoms with Gasteiger partial charge in [-0.05, 0) is 73.2 Å². The van der Waals surface area contributed by atoms with Crippen molar-refractivity contribution in [3.63, 3.8) is 0 Å². The molecule has 1 atom stereocenters. The molecular formula is C38H40N8O4. The molecule has 1 spiro atoms. The van der Waals surface area contributed by atoms with E-state index < -0.39 is 10.8 Å². The van der Waals surface area contributed by atoms with Crippen molar-refractivity contribution in [2.24, 2.45) is 5.41 Å². The predicted octanol–water partition coefficient (Wildman–Crippen LogP) is 3.49. The van der Waals surface area contributed by atoms with Crippen LogP contribution in [0.3, 0.4) is 0 Å². The van der Waals surface area contributed by atoms with Gasteiger partial charge < -0.3 is 25.8 Å². The number of nitrogens with zero attached hydrogens (tertiary/aromatic N) is 5. The second-order valence-corrected chi connectivity index (χ2v) is 13.7. The lowest BCUT2D eigenvalue weighted by Gasteiger charge is -2.41. The summed E-state index contributed by atoms with van der Waals surface area (Å²) in [4.78, 5) is 70.2. The number of aromatic nitrogens is 3. The van der Waals surface area contributed by atoms with Gasteiger partial charge >= 0.3 is 0 Å². The zero-order valence-corrected chi connectivity index (χ0v) is 28.2. The average molecular weight is 673 g/mol. The molecule has 1 aliphatic carbocycles. The fourth-order valence-electron chi connectivity index (χ4n) is 7.57. The highest BCUT2D eigenvalue weighted by Crippen LogP contribution is 2.47. The van der Waals surface area contributed by atoms with E-state index >= 15 is 0 Å². The maximum Gasteiger partial charge on any atom is 0.274 e. The van der Waals surface area contributed by atoms with E-state index in [-0.39, 0.29) is 42.4 Å². The molecular weight excluding hydrogens is 632 g/mol. The molecule has 0 unspecified atom stereocenters. The number of pyridine rings is 1. The standard InChI is InChI=1S/C38H40N8O4/c1-37(11-16-45(17-12-37)34(48)31-22-40-14-15-41-31)36(50)46(23-27-7-4-3-6-26(27)21-39-2)24-32(47)43-29-10-9-25-19-38(20-28(25)18-29)30-8-5-13-42-33(30)44-35(38)49/h3-10,13-15,18,22,39H,11-12,16-17,19-21,23-24H2,1-2H3,(H,43,47)(H,42,44,49)/t38-/m1/s1. The number of hydrogen-bond donors (Lipinski definition) is 3. The smallest absolute Gasteiger partial charge is 0.274 e. The second-order valence-electron chi connectivity index (χ2n) is 13.7. The number of amides is 4. The summed E-state index contributed by atoms with van der Waals surface area (Å²) < 4.78 is 0. The van der Waals surface area contributed by atoms with Crippen molar-refractivity contribution >= 4 is 35.1 Å². The molecule has 1 saturated heterocycles. The lowest BCUT2D eigenvalue weighted by atomic mass is 9.78. The van der Waals surface area contributed by atoms with Gasteiger partial charge in [0.1, 0.15) is 18.1 Å². The molecule has 12 nitrogen and oxygen atoms in total. The van der Waals surface area contributed by atoms with Crippen LogP contribution >= 0.6 is 0 Å². The number of carbonyl (C=O) groups is 4. The Bertz CT molecular complexity index is 1960. The van der Waals surface area contributed by atoms with Crippen LogP contribution in [-0.2, 0) is 45.7 Å². The third-order valence-corrected chi connectivity index (χ3v) is 10.4. The Kier molecular flexibility index (Phi) is 8.87. The zero-order valence-electron chi connectivity index (χ0n) is 28.2. The third-order valence-electron chi connectivity index (χ3n) is 10.4. The Balaban J connectivity index is 1.08. The van der Waals surface area contributed by atoms with Crippen molar-refractivity contribution in [2.75, 3.05) is 37.3 Å². The number of fused-ring (bicyclic) bond motifs is 3. The number of hydrogen-bond acceptors (Lipinski definition) is 8. The van der Waals surface area contributed by atoms with Crippen molar-refractivity contribution in [2.45, 2.75) is 51.1 Å². The van der Waals surface area contributed by atoms with E-state index in [0.717, 1.165) is 27.8 Å². The first-order valence-corrected chi connectivity index (χ1v) is 16.9. The zero-order chi connectivity index (χ0) is 34.9. The fraction of sp³-hybridized carbons (Fsp3) is 0.342. The SMILES string of the molecule is CNCc1ccccc1CN(CC(=O)Nc1ccc2c(c1)C[C@@]1(C2)C(=O)Nc2ncccc21)C(=O)C1(C)CCN(C(=O)c2cnccn2)CC1. The maximum absolute atomic E-state index is 14.4. The lowest BCUT2D eigenvalue weighted by Crippen LogP contribution is -2.51. The Hall–Kier alpha value is -5.49. The van der Waals surface area contributed by atoms with Crippen LogP contribution in [0.1, 0.15) is 58.1 Å². The van der Waals surface area contributed by atoms with Gasteiger partial charge in [0.15, 0.2) is 0 Å². The Labute approximate surface area is 290 Å². The number of piperidine rings is 1. The topological polar surface area (TPSA) is 150 Å². The van der Waals surface area contributed by atoms with Crippen molar-refractivity contribution in [1.82, 2.24) is 30.1 Å². The van der Waals surface area contributed by atoms with Crippen LogP contribution in [0.2, 0.25) is 0 Å². The first-order chi connectivity index (χ1) is 24.2. The van der Waals surface area contributed by atoms with Gasteiger partial charge in [-0.2, -0.15) is 0 Å². The van der Waals surface area contributed by atoms with E-state index in [1.54, 1.807) is 16.0 Å². The molecule has 3 N–H and O–H groups in total. The van der Waals surface area contributed by atoms with Gasteiger partial charge in [-0.3, -0.25) is 24.2 Å². The molecule has 2 aliphatic heterocycles. The molecule has 4 heterocycles. The highest BCUT2D eigenvalue weighted by atomic mass is 16.2. The summed E-state index contributed by atoms with van der Waals surface area (Å²) >= 11 is 0. The summed E-state index contributed by atoms with van der Waals surface area (Å²) in [6.45, 7) is 3.44. The van der Waals surface area contributed by atoms with Crippen LogP contribution in [0, 0.1) is 5.41 Å². The van der Waals surface area contributed by atoms with E-state index in [0.29, 0.717) is 56.8 Å². The molecule has 256 valence electrons. The number of benzene rings is 2. The van der Waals surface area contributed by atoms with Crippen LogP contribution in [0.15, 0.2) is 79.4 Å². The van der Waals surface area contributed by atoms with Crippen LogP contribution in [0.4, 0.5) is 11.5 Å². The largest absolute Gasteiger partial charge is 0.337 e. The van der Waals surface area contributed by atoms with Crippen LogP contribution in [0.5, 0.6) is 0 Å². The van der Waals surface area contributed by atoms with Gasteiger partial charge in [-0.25, -0.2) is 9.97 Å². The third kappa shape index (κ3) is 6.22. The Morgan fingerprint density at radius 2 is 1.72 bits per heavy atom. The van der Waals surface area contributed by atoms with Gasteiger partial charge in [-0.1, -0.05) is 43.3 Å². The molecule has 2 aromatic heterocycles. The number of likely N-dealkylation sites (tertiary alicyclic amines) is 1. The maximum atomic E-state index is 14.4. The molecule has 7 rings (SSSR count). The first-order valence-electron chi connectivity index (χ1n) is 16.9. The molecule has 50 heavy (non-hydrogen) atoms. The normalized spacial score (nSPS) is 18.7. The lowest BCUT2D eigenvalue weighted by molar-refractivity contribution is -0.146. The molecule has 2 aromatic carbocycles. The predicted molar refractivity (Wildman–Crippen MR) is 187 cm³/mol. The minimum Gasteiger partial charge on any atom is -0.337 e. The monoisotopic (exact) mass is 672 g/mol. The van der Waals surface area contributed by atoms with E-state index in [9.17, 15) is 19.2 Å². The van der Waals surface area contributed by atoms with Crippen molar-refractivity contribution < 1.29 is 19.2 Å². The Morgan fingerprint density at radius 3 is 2.48 bits per heavy atom. The number of carbonyl (C=O) groups excluding carboxylic acids is 4. The first kappa shape index (κ1) is 33.0. The van der Waals surface area contributed by atoms with E-state index in [2.05, 4.69) is 30.9 Å². The fourth-order valence-corrected chi connectivity index (χ4v) is 7.57. The van der Waals surface area contributed by atoms with Gasteiger partial charge in [0.25, 0.3) is 5.91 Å². The summed E-state index contributed by atoms with van der Waals surface area (Å²) in [5.41, 5.74) is 4.37. The van der Waals surface area contributed by atoms with Gasteiger partial charge in [0.05, 0.1) is 11.6 Å². The Morgan fingerprint density at radius 1 is 0.940 bits per heavy atom. The summed E-state index contributed by atoms with van der Waals surface area (Å²) in [7, 11) is 1.87. The summed E-state index contributed by atoms with van der Waals surface area (Å²) in [6.07, 6.45) is 8.12. The quantitative estimate of drug-likeness (QED) is 0.245. The summed E-state index contributed by atoms with van der Waals surface area (Å²) in [5, 5.41) is 9.15. The van der Waals surface area contributed by atoms with E-state index in [4.69, 9.17) is 0 Å². The summed E-state index contributed by atoms with van der Waals surface area (Å²) in [6, 6.07) is 17.5. The van der Waals surface area contributed by atoms with Gasteiger partial charge in [0.2, 0.25) is 17.7 Å². The van der Waals surface area contributed by atoms with Crippen molar-refractivity contribution in [1.29, 1.82) is 0 Å². The van der Waals surface area contributed by atoms with Crippen LogP contribution in [0.25, 0.3) is 0 Å². The highest BCUT2D eigenvalue weighted by Gasteiger charge is 2.51. The molecule has 12 heteroatoms. The minimum absolute atomic E-state index is 0.0573.